The number of nitrogens with one attached hydrogen (secondary N) is 1. The van der Waals surface area contributed by atoms with E-state index in [9.17, 15) is 24.5 Å². The molecule has 0 radical (unpaired) electrons. The highest BCUT2D eigenvalue weighted by molar-refractivity contribution is 5.92. The van der Waals surface area contributed by atoms with Gasteiger partial charge in [-0.1, -0.05) is 32.6 Å². The summed E-state index contributed by atoms with van der Waals surface area (Å²) in [5, 5.41) is 13.3. The molecule has 10 nitrogen and oxygen atoms in total. The maximum Gasteiger partial charge on any atom is 0.413 e. The average Bonchev–Trinajstić information content (AvgIpc) is 2.95. The first kappa shape index (κ1) is 22.1. The van der Waals surface area contributed by atoms with Gasteiger partial charge in [0.2, 0.25) is 5.91 Å². The van der Waals surface area contributed by atoms with E-state index in [-0.39, 0.29) is 29.8 Å². The predicted octanol–water partition coefficient (Wildman–Crippen LogP) is 1.73. The van der Waals surface area contributed by atoms with Crippen LogP contribution in [0.25, 0.3) is 0 Å². The number of benzene rings is 1. The largest absolute Gasteiger partial charge is 0.467 e. The highest BCUT2D eigenvalue weighted by atomic mass is 16.6. The molecule has 164 valence electrons. The Balaban J connectivity index is 1.74. The molecule has 3 rings (SSSR count). The predicted molar refractivity (Wildman–Crippen MR) is 108 cm³/mol. The third-order valence-electron chi connectivity index (χ3n) is 5.30. The Hall–Kier alpha value is -3.61. The fraction of sp³-hybridized carbons (Fsp3) is 0.476. The third-order valence-corrected chi connectivity index (χ3v) is 5.30. The molecule has 0 aromatic heterocycles. The molecular weight excluding hydrogens is 406 g/mol. The van der Waals surface area contributed by atoms with Crippen LogP contribution in [0.1, 0.15) is 20.8 Å². The van der Waals surface area contributed by atoms with Gasteiger partial charge in [-0.3, -0.25) is 14.9 Å². The zero-order valence-corrected chi connectivity index (χ0v) is 17.6. The number of hydrogen-bond acceptors (Lipinski definition) is 7. The number of nitro benzene ring substituents is 1. The number of non-ortho nitro benzene ring substituents is 1. The van der Waals surface area contributed by atoms with E-state index < -0.39 is 40.4 Å². The van der Waals surface area contributed by atoms with Gasteiger partial charge in [-0.15, -0.1) is 0 Å². The summed E-state index contributed by atoms with van der Waals surface area (Å²) in [6.07, 6.45) is -0.893. The van der Waals surface area contributed by atoms with Gasteiger partial charge in [-0.25, -0.2) is 9.59 Å². The lowest BCUT2D eigenvalue weighted by Crippen LogP contribution is -2.57. The van der Waals surface area contributed by atoms with Crippen molar-refractivity contribution in [1.29, 1.82) is 0 Å². The van der Waals surface area contributed by atoms with Crippen LogP contribution in [0.15, 0.2) is 24.3 Å². The van der Waals surface area contributed by atoms with Gasteiger partial charge in [0.05, 0.1) is 23.9 Å². The summed E-state index contributed by atoms with van der Waals surface area (Å²) in [6, 6.07) is 3.16. The monoisotopic (exact) mass is 429 g/mol. The van der Waals surface area contributed by atoms with E-state index in [1.807, 2.05) is 0 Å². The number of nitrogens with zero attached hydrogens (tertiary/aromatic N) is 2. The Morgan fingerprint density at radius 3 is 2.35 bits per heavy atom. The highest BCUT2D eigenvalue weighted by Gasteiger charge is 2.52. The molecule has 1 N–H and O–H groups in total. The third kappa shape index (κ3) is 4.45. The fourth-order valence-electron chi connectivity index (χ4n) is 3.60. The molecule has 0 unspecified atom stereocenters. The number of hydrogen-bond donors (Lipinski definition) is 1. The second-order valence-corrected chi connectivity index (χ2v) is 8.46. The summed E-state index contributed by atoms with van der Waals surface area (Å²) >= 11 is 0. The van der Waals surface area contributed by atoms with E-state index in [4.69, 9.17) is 9.47 Å². The van der Waals surface area contributed by atoms with Crippen molar-refractivity contribution in [3.63, 3.8) is 0 Å². The van der Waals surface area contributed by atoms with Crippen molar-refractivity contribution in [1.82, 2.24) is 10.2 Å². The number of nitro groups is 1. The zero-order valence-electron chi connectivity index (χ0n) is 17.6. The number of carbonyl (C=O) groups is 3. The normalized spacial score (nSPS) is 22.2. The van der Waals surface area contributed by atoms with E-state index in [2.05, 4.69) is 17.2 Å². The Morgan fingerprint density at radius 1 is 1.23 bits per heavy atom. The minimum Gasteiger partial charge on any atom is -0.467 e. The van der Waals surface area contributed by atoms with Gasteiger partial charge >= 0.3 is 12.1 Å². The molecule has 1 aliphatic carbocycles. The van der Waals surface area contributed by atoms with Crippen LogP contribution < -0.4 is 10.1 Å². The van der Waals surface area contributed by atoms with Crippen molar-refractivity contribution in [2.75, 3.05) is 13.7 Å². The van der Waals surface area contributed by atoms with Crippen molar-refractivity contribution in [3.8, 4) is 17.6 Å². The van der Waals surface area contributed by atoms with E-state index >= 15 is 0 Å². The smallest absolute Gasteiger partial charge is 0.413 e. The zero-order chi connectivity index (χ0) is 22.9. The molecule has 0 saturated carbocycles. The molecule has 0 spiro atoms. The van der Waals surface area contributed by atoms with E-state index in [0.717, 1.165) is 0 Å². The molecule has 31 heavy (non-hydrogen) atoms. The van der Waals surface area contributed by atoms with Gasteiger partial charge in [-0.2, -0.15) is 0 Å². The first-order valence-corrected chi connectivity index (χ1v) is 9.65. The summed E-state index contributed by atoms with van der Waals surface area (Å²) in [5.41, 5.74) is -0.843. The number of amides is 2. The SMILES string of the molecule is COC(=O)[C@@H]1[C@H]2C#C[C@H]2CN1C(=O)[C@@H](NC(=O)Oc1ccc([N+](=O)[O-])cc1)C(C)(C)C. The first-order valence-electron chi connectivity index (χ1n) is 9.65. The van der Waals surface area contributed by atoms with Crippen LogP contribution in [0, 0.1) is 39.2 Å². The number of methoxy groups -OCH3 is 1. The van der Waals surface area contributed by atoms with E-state index in [0.29, 0.717) is 0 Å². The van der Waals surface area contributed by atoms with Gasteiger partial charge in [0.1, 0.15) is 17.8 Å². The maximum atomic E-state index is 13.4. The average molecular weight is 429 g/mol. The van der Waals surface area contributed by atoms with Gasteiger partial charge in [0.15, 0.2) is 0 Å². The summed E-state index contributed by atoms with van der Waals surface area (Å²) in [7, 11) is 1.26. The summed E-state index contributed by atoms with van der Waals surface area (Å²) in [6.45, 7) is 5.60. The van der Waals surface area contributed by atoms with Crippen LogP contribution in [-0.4, -0.2) is 53.5 Å². The van der Waals surface area contributed by atoms with Gasteiger partial charge in [0, 0.05) is 18.7 Å². The lowest BCUT2D eigenvalue weighted by Gasteiger charge is -2.35. The Bertz CT molecular complexity index is 971. The molecule has 2 aliphatic rings. The fourth-order valence-corrected chi connectivity index (χ4v) is 3.60. The molecule has 1 aromatic carbocycles. The van der Waals surface area contributed by atoms with Crippen LogP contribution in [0.3, 0.4) is 0 Å². The molecule has 0 bridgehead atoms. The molecule has 1 heterocycles. The quantitative estimate of drug-likeness (QED) is 0.327. The van der Waals surface area contributed by atoms with E-state index in [1.54, 1.807) is 20.8 Å². The van der Waals surface area contributed by atoms with Crippen molar-refractivity contribution in [2.45, 2.75) is 32.9 Å². The highest BCUT2D eigenvalue weighted by Crippen LogP contribution is 2.36. The number of fused-ring (bicyclic) bond motifs is 1. The number of likely N-dealkylation sites (tertiary alicyclic amines) is 1. The molecule has 2 amide bonds. The summed E-state index contributed by atoms with van der Waals surface area (Å²) in [5.74, 6) is 4.60. The van der Waals surface area contributed by atoms with E-state index in [1.165, 1.54) is 36.3 Å². The van der Waals surface area contributed by atoms with Crippen molar-refractivity contribution >= 4 is 23.7 Å². The Morgan fingerprint density at radius 2 is 1.87 bits per heavy atom. The van der Waals surface area contributed by atoms with Crippen molar-refractivity contribution in [3.05, 3.63) is 34.4 Å². The summed E-state index contributed by atoms with van der Waals surface area (Å²) in [4.78, 5) is 49.7. The molecule has 1 aromatic rings. The summed E-state index contributed by atoms with van der Waals surface area (Å²) < 4.78 is 10.0. The minimum absolute atomic E-state index is 0.0864. The van der Waals surface area contributed by atoms with Gasteiger partial charge < -0.3 is 19.7 Å². The van der Waals surface area contributed by atoms with Gasteiger partial charge in [-0.05, 0) is 17.5 Å². The molecule has 10 heteroatoms. The molecule has 4 atom stereocenters. The standard InChI is InChI=1S/C21H23N3O7/c1-21(2,3)17(22-20(27)31-14-8-6-13(7-9-14)24(28)29)18(25)23-11-12-5-10-15(12)16(23)19(26)30-4/h6-9,12,15-17H,11H2,1-4H3,(H,22,27)/t12-,15-,16-,17+/m0/s1. The molecule has 1 fully saturated rings. The van der Waals surface area contributed by atoms with Crippen LogP contribution in [0.4, 0.5) is 10.5 Å². The van der Waals surface area contributed by atoms with Crippen LogP contribution >= 0.6 is 0 Å². The van der Waals surface area contributed by atoms with Crippen LogP contribution in [0.5, 0.6) is 5.75 Å². The van der Waals surface area contributed by atoms with Crippen LogP contribution in [0.2, 0.25) is 0 Å². The Kier molecular flexibility index (Phi) is 5.88. The number of rotatable bonds is 5. The van der Waals surface area contributed by atoms with Crippen molar-refractivity contribution < 1.29 is 28.8 Å². The molecular formula is C21H23N3O7. The number of carbonyl (C=O) groups excluding carboxylic acids is 3. The number of esters is 1. The lowest BCUT2D eigenvalue weighted by molar-refractivity contribution is -0.384. The topological polar surface area (TPSA) is 128 Å². The molecule has 1 saturated heterocycles. The maximum absolute atomic E-state index is 13.4. The van der Waals surface area contributed by atoms with Crippen molar-refractivity contribution in [2.24, 2.45) is 17.3 Å². The second kappa shape index (κ2) is 8.26. The minimum atomic E-state index is -0.997. The first-order chi connectivity index (χ1) is 14.5. The Labute approximate surface area is 179 Å². The molecule has 1 aliphatic heterocycles. The van der Waals surface area contributed by atoms with Gasteiger partial charge in [0.25, 0.3) is 5.69 Å². The second-order valence-electron chi connectivity index (χ2n) is 8.46. The van der Waals surface area contributed by atoms with Crippen LogP contribution in [-0.2, 0) is 14.3 Å². The lowest BCUT2D eigenvalue weighted by atomic mass is 9.84. The number of ether oxygens (including phenoxy) is 2.